The highest BCUT2D eigenvalue weighted by Crippen LogP contribution is 2.41. The van der Waals surface area contributed by atoms with E-state index in [1.165, 1.54) is 0 Å². The van der Waals surface area contributed by atoms with Crippen molar-refractivity contribution in [1.82, 2.24) is 10.2 Å². The zero-order chi connectivity index (χ0) is 15.9. The van der Waals surface area contributed by atoms with E-state index in [0.29, 0.717) is 23.7 Å². The molecule has 1 aromatic rings. The molecule has 23 heavy (non-hydrogen) atoms. The van der Waals surface area contributed by atoms with Gasteiger partial charge in [0, 0.05) is 32.2 Å². The number of alkyl halides is 1. The second-order valence-electron chi connectivity index (χ2n) is 5.24. The van der Waals surface area contributed by atoms with Crippen LogP contribution in [0.5, 0.6) is 17.2 Å². The lowest BCUT2D eigenvalue weighted by Gasteiger charge is -2.35. The van der Waals surface area contributed by atoms with E-state index < -0.39 is 0 Å². The highest BCUT2D eigenvalue weighted by molar-refractivity contribution is 5.85. The lowest BCUT2D eigenvalue weighted by atomic mass is 10.0. The average Bonchev–Trinajstić information content (AvgIpc) is 2.59. The highest BCUT2D eigenvalue weighted by atomic mass is 35.5. The molecule has 2 rings (SSSR count). The van der Waals surface area contributed by atoms with Crippen LogP contribution in [0.2, 0.25) is 0 Å². The average molecular weight is 349 g/mol. The van der Waals surface area contributed by atoms with Crippen molar-refractivity contribution >= 4 is 12.4 Å². The Balaban J connectivity index is 0.00000264. The fourth-order valence-corrected chi connectivity index (χ4v) is 2.95. The van der Waals surface area contributed by atoms with Crippen LogP contribution in [0.15, 0.2) is 12.1 Å². The second kappa shape index (κ2) is 9.80. The normalized spacial score (nSPS) is 16.3. The van der Waals surface area contributed by atoms with Crippen LogP contribution in [0.25, 0.3) is 0 Å². The standard InChI is InChI=1S/C16H25FN2O3.ClH/c1-20-14-10-12(11-15(21-2)16(14)22-3)13(4-5-17)19-8-6-18-7-9-19;/h10-11,13,18H,4-9H2,1-3H3;1H/t13-;/m0./s1. The van der Waals surface area contributed by atoms with Gasteiger partial charge < -0.3 is 19.5 Å². The zero-order valence-corrected chi connectivity index (χ0v) is 14.7. The summed E-state index contributed by atoms with van der Waals surface area (Å²) in [5, 5.41) is 3.32. The maximum Gasteiger partial charge on any atom is 0.203 e. The fraction of sp³-hybridized carbons (Fsp3) is 0.625. The van der Waals surface area contributed by atoms with Crippen LogP contribution < -0.4 is 19.5 Å². The summed E-state index contributed by atoms with van der Waals surface area (Å²) in [6.45, 7) is 3.30. The molecule has 7 heteroatoms. The fourth-order valence-electron chi connectivity index (χ4n) is 2.95. The predicted octanol–water partition coefficient (Wildman–Crippen LogP) is 2.44. The van der Waals surface area contributed by atoms with Crippen molar-refractivity contribution in [2.45, 2.75) is 12.5 Å². The van der Waals surface area contributed by atoms with Crippen LogP contribution in [0, 0.1) is 0 Å². The quantitative estimate of drug-likeness (QED) is 0.820. The Morgan fingerprint density at radius 2 is 1.65 bits per heavy atom. The van der Waals surface area contributed by atoms with Crippen molar-refractivity contribution in [2.75, 3.05) is 54.2 Å². The SMILES string of the molecule is COc1cc([C@H](CCF)N2CCNCC2)cc(OC)c1OC.Cl. The molecule has 0 radical (unpaired) electrons. The summed E-state index contributed by atoms with van der Waals surface area (Å²) in [7, 11) is 4.77. The molecule has 1 aliphatic heterocycles. The van der Waals surface area contributed by atoms with Crippen LogP contribution >= 0.6 is 12.4 Å². The number of hydrogen-bond donors (Lipinski definition) is 1. The number of hydrogen-bond acceptors (Lipinski definition) is 5. The minimum Gasteiger partial charge on any atom is -0.493 e. The number of nitrogens with one attached hydrogen (secondary N) is 1. The Kier molecular flexibility index (Phi) is 8.44. The number of halogens is 2. The third-order valence-electron chi connectivity index (χ3n) is 4.05. The van der Waals surface area contributed by atoms with Gasteiger partial charge >= 0.3 is 0 Å². The summed E-state index contributed by atoms with van der Waals surface area (Å²) < 4.78 is 29.2. The van der Waals surface area contributed by atoms with E-state index in [1.54, 1.807) is 21.3 Å². The summed E-state index contributed by atoms with van der Waals surface area (Å²) in [6, 6.07) is 3.86. The van der Waals surface area contributed by atoms with Gasteiger partial charge in [-0.05, 0) is 24.1 Å². The van der Waals surface area contributed by atoms with E-state index in [4.69, 9.17) is 14.2 Å². The third-order valence-corrected chi connectivity index (χ3v) is 4.05. The van der Waals surface area contributed by atoms with Crippen LogP contribution in [0.1, 0.15) is 18.0 Å². The summed E-state index contributed by atoms with van der Waals surface area (Å²) >= 11 is 0. The van der Waals surface area contributed by atoms with Crippen molar-refractivity contribution in [3.63, 3.8) is 0 Å². The smallest absolute Gasteiger partial charge is 0.203 e. The zero-order valence-electron chi connectivity index (χ0n) is 13.9. The van der Waals surface area contributed by atoms with E-state index in [2.05, 4.69) is 10.2 Å². The lowest BCUT2D eigenvalue weighted by molar-refractivity contribution is 0.157. The molecule has 0 saturated carbocycles. The Morgan fingerprint density at radius 1 is 1.09 bits per heavy atom. The molecule has 0 amide bonds. The summed E-state index contributed by atoms with van der Waals surface area (Å²) in [5.74, 6) is 1.78. The molecular weight excluding hydrogens is 323 g/mol. The van der Waals surface area contributed by atoms with Crippen LogP contribution in [-0.2, 0) is 0 Å². The minimum absolute atomic E-state index is 0. The molecular formula is C16H26ClFN2O3. The van der Waals surface area contributed by atoms with Crippen molar-refractivity contribution in [1.29, 1.82) is 0 Å². The van der Waals surface area contributed by atoms with Crippen LogP contribution in [-0.4, -0.2) is 59.1 Å². The van der Waals surface area contributed by atoms with E-state index in [0.717, 1.165) is 31.7 Å². The van der Waals surface area contributed by atoms with Gasteiger partial charge in [-0.2, -0.15) is 0 Å². The second-order valence-corrected chi connectivity index (χ2v) is 5.24. The summed E-state index contributed by atoms with van der Waals surface area (Å²) in [5.41, 5.74) is 0.994. The topological polar surface area (TPSA) is 43.0 Å². The molecule has 1 atom stereocenters. The van der Waals surface area contributed by atoms with Gasteiger partial charge in [-0.15, -0.1) is 12.4 Å². The highest BCUT2D eigenvalue weighted by Gasteiger charge is 2.25. The van der Waals surface area contributed by atoms with E-state index in [1.807, 2.05) is 12.1 Å². The van der Waals surface area contributed by atoms with Gasteiger partial charge in [0.2, 0.25) is 5.75 Å². The van der Waals surface area contributed by atoms with Crippen molar-refractivity contribution < 1.29 is 18.6 Å². The third kappa shape index (κ3) is 4.62. The lowest BCUT2D eigenvalue weighted by Crippen LogP contribution is -2.45. The van der Waals surface area contributed by atoms with Gasteiger partial charge in [0.05, 0.1) is 28.0 Å². The molecule has 1 aliphatic rings. The Labute approximate surface area is 143 Å². The van der Waals surface area contributed by atoms with E-state index >= 15 is 0 Å². The van der Waals surface area contributed by atoms with Gasteiger partial charge in [0.15, 0.2) is 11.5 Å². The first-order valence-electron chi connectivity index (χ1n) is 7.55. The Morgan fingerprint density at radius 3 is 2.09 bits per heavy atom. The first kappa shape index (κ1) is 19.8. The first-order chi connectivity index (χ1) is 10.7. The van der Waals surface area contributed by atoms with Crippen molar-refractivity contribution in [2.24, 2.45) is 0 Å². The largest absolute Gasteiger partial charge is 0.493 e. The first-order valence-corrected chi connectivity index (χ1v) is 7.55. The van der Waals surface area contributed by atoms with Gasteiger partial charge in [-0.1, -0.05) is 0 Å². The number of rotatable bonds is 7. The van der Waals surface area contributed by atoms with Crippen molar-refractivity contribution in [3.05, 3.63) is 17.7 Å². The molecule has 5 nitrogen and oxygen atoms in total. The maximum atomic E-state index is 13.1. The van der Waals surface area contributed by atoms with Gasteiger partial charge in [-0.3, -0.25) is 9.29 Å². The summed E-state index contributed by atoms with van der Waals surface area (Å²) in [6.07, 6.45) is 0.457. The number of piperazine rings is 1. The van der Waals surface area contributed by atoms with Crippen LogP contribution in [0.3, 0.4) is 0 Å². The van der Waals surface area contributed by atoms with E-state index in [9.17, 15) is 4.39 Å². The Hall–Kier alpha value is -1.24. The summed E-state index contributed by atoms with van der Waals surface area (Å²) in [4.78, 5) is 2.30. The molecule has 1 saturated heterocycles. The number of ether oxygens (including phenoxy) is 3. The molecule has 0 bridgehead atoms. The maximum absolute atomic E-state index is 13.1. The Bertz CT molecular complexity index is 459. The molecule has 0 spiro atoms. The molecule has 1 fully saturated rings. The molecule has 0 aromatic heterocycles. The molecule has 1 N–H and O–H groups in total. The number of nitrogens with zero attached hydrogens (tertiary/aromatic N) is 1. The number of methoxy groups -OCH3 is 3. The number of benzene rings is 1. The van der Waals surface area contributed by atoms with Gasteiger partial charge in [-0.25, -0.2) is 0 Å². The van der Waals surface area contributed by atoms with E-state index in [-0.39, 0.29) is 25.1 Å². The van der Waals surface area contributed by atoms with Crippen molar-refractivity contribution in [3.8, 4) is 17.2 Å². The molecule has 1 aromatic carbocycles. The van der Waals surface area contributed by atoms with Gasteiger partial charge in [0.25, 0.3) is 0 Å². The minimum atomic E-state index is -0.356. The monoisotopic (exact) mass is 348 g/mol. The molecule has 0 aliphatic carbocycles. The molecule has 1 heterocycles. The molecule has 0 unspecified atom stereocenters. The predicted molar refractivity (Wildman–Crippen MR) is 91.1 cm³/mol. The molecule has 132 valence electrons. The van der Waals surface area contributed by atoms with Crippen LogP contribution in [0.4, 0.5) is 4.39 Å². The van der Waals surface area contributed by atoms with Gasteiger partial charge in [0.1, 0.15) is 0 Å².